The Labute approximate surface area is 126 Å². The predicted molar refractivity (Wildman–Crippen MR) is 79.5 cm³/mol. The average molecular weight is 347 g/mol. The summed E-state index contributed by atoms with van der Waals surface area (Å²) in [5.74, 6) is -0.931. The van der Waals surface area contributed by atoms with E-state index in [0.29, 0.717) is 6.54 Å². The molecule has 104 valence electrons. The Morgan fingerprint density at radius 2 is 2.32 bits per heavy atom. The van der Waals surface area contributed by atoms with Crippen molar-refractivity contribution in [2.75, 3.05) is 13.1 Å². The number of rotatable bonds is 3. The molecular weight excluding hydrogens is 330 g/mol. The average Bonchev–Trinajstić information content (AvgIpc) is 2.36. The minimum absolute atomic E-state index is 0.242. The lowest BCUT2D eigenvalue weighted by Gasteiger charge is -2.31. The molecule has 1 aromatic rings. The minimum atomic E-state index is -0.689. The SMILES string of the molecule is Cc1cc(Br)c(CN2CCCC(C(=O)O)C2)cc1Cl. The molecular formula is C14H17BrClNO2. The third kappa shape index (κ3) is 3.71. The van der Waals surface area contributed by atoms with Crippen LogP contribution in [0.4, 0.5) is 0 Å². The van der Waals surface area contributed by atoms with Crippen LogP contribution in [0.15, 0.2) is 16.6 Å². The van der Waals surface area contributed by atoms with E-state index in [1.165, 1.54) is 0 Å². The molecule has 19 heavy (non-hydrogen) atoms. The Kier molecular flexibility index (Phi) is 4.87. The van der Waals surface area contributed by atoms with Gasteiger partial charge in [-0.25, -0.2) is 0 Å². The number of piperidine rings is 1. The Balaban J connectivity index is 2.08. The molecule has 1 fully saturated rings. The zero-order chi connectivity index (χ0) is 14.0. The monoisotopic (exact) mass is 345 g/mol. The lowest BCUT2D eigenvalue weighted by atomic mass is 9.98. The second kappa shape index (κ2) is 6.25. The first kappa shape index (κ1) is 14.8. The topological polar surface area (TPSA) is 40.5 Å². The van der Waals surface area contributed by atoms with E-state index in [1.807, 2.05) is 19.1 Å². The third-order valence-corrected chi connectivity index (χ3v) is 4.72. The summed E-state index contributed by atoms with van der Waals surface area (Å²) < 4.78 is 1.03. The number of carboxylic acid groups (broad SMARTS) is 1. The fourth-order valence-electron chi connectivity index (χ4n) is 2.45. The van der Waals surface area contributed by atoms with Gasteiger partial charge in [-0.2, -0.15) is 0 Å². The molecule has 2 rings (SSSR count). The molecule has 1 heterocycles. The number of hydrogen-bond acceptors (Lipinski definition) is 2. The van der Waals surface area contributed by atoms with Crippen LogP contribution >= 0.6 is 27.5 Å². The summed E-state index contributed by atoms with van der Waals surface area (Å²) in [6, 6.07) is 3.97. The standard InChI is InChI=1S/C14H17BrClNO2/c1-9-5-12(15)11(6-13(9)16)8-17-4-2-3-10(7-17)14(18)19/h5-6,10H,2-4,7-8H2,1H3,(H,18,19). The van der Waals surface area contributed by atoms with Crippen LogP contribution in [0.2, 0.25) is 5.02 Å². The van der Waals surface area contributed by atoms with Crippen molar-refractivity contribution in [1.29, 1.82) is 0 Å². The van der Waals surface area contributed by atoms with Crippen LogP contribution in [0.25, 0.3) is 0 Å². The van der Waals surface area contributed by atoms with Gasteiger partial charge in [-0.1, -0.05) is 27.5 Å². The van der Waals surface area contributed by atoms with Crippen LogP contribution in [-0.4, -0.2) is 29.1 Å². The van der Waals surface area contributed by atoms with Crippen molar-refractivity contribution in [2.45, 2.75) is 26.3 Å². The molecule has 1 aromatic carbocycles. The van der Waals surface area contributed by atoms with Crippen LogP contribution in [-0.2, 0) is 11.3 Å². The van der Waals surface area contributed by atoms with Gasteiger partial charge in [0.15, 0.2) is 0 Å². The van der Waals surface area contributed by atoms with Gasteiger partial charge in [-0.15, -0.1) is 0 Å². The summed E-state index contributed by atoms with van der Waals surface area (Å²) in [7, 11) is 0. The van der Waals surface area contributed by atoms with Crippen molar-refractivity contribution in [3.8, 4) is 0 Å². The predicted octanol–water partition coefficient (Wildman–Crippen LogP) is 3.71. The molecule has 0 bridgehead atoms. The molecule has 1 aliphatic rings. The van der Waals surface area contributed by atoms with E-state index in [2.05, 4.69) is 20.8 Å². The van der Waals surface area contributed by atoms with Gasteiger partial charge in [0.1, 0.15) is 0 Å². The van der Waals surface area contributed by atoms with Crippen molar-refractivity contribution < 1.29 is 9.90 Å². The van der Waals surface area contributed by atoms with Gasteiger partial charge in [0.05, 0.1) is 5.92 Å². The Hall–Kier alpha value is -0.580. The molecule has 1 N–H and O–H groups in total. The van der Waals surface area contributed by atoms with Gasteiger partial charge >= 0.3 is 5.97 Å². The molecule has 3 nitrogen and oxygen atoms in total. The van der Waals surface area contributed by atoms with E-state index in [0.717, 1.165) is 46.6 Å². The summed E-state index contributed by atoms with van der Waals surface area (Å²) in [5.41, 5.74) is 2.15. The lowest BCUT2D eigenvalue weighted by molar-refractivity contribution is -0.143. The fourth-order valence-corrected chi connectivity index (χ4v) is 3.22. The van der Waals surface area contributed by atoms with Gasteiger partial charge in [0.25, 0.3) is 0 Å². The number of carboxylic acids is 1. The van der Waals surface area contributed by atoms with Crippen LogP contribution in [0.3, 0.4) is 0 Å². The Morgan fingerprint density at radius 3 is 3.00 bits per heavy atom. The second-order valence-corrected chi connectivity index (χ2v) is 6.37. The first-order valence-corrected chi connectivity index (χ1v) is 7.54. The summed E-state index contributed by atoms with van der Waals surface area (Å²) >= 11 is 9.70. The van der Waals surface area contributed by atoms with Crippen LogP contribution in [0.5, 0.6) is 0 Å². The summed E-state index contributed by atoms with van der Waals surface area (Å²) in [5, 5.41) is 9.85. The number of carbonyl (C=O) groups is 1. The second-order valence-electron chi connectivity index (χ2n) is 5.11. The zero-order valence-electron chi connectivity index (χ0n) is 10.8. The molecule has 1 saturated heterocycles. The minimum Gasteiger partial charge on any atom is -0.481 e. The largest absolute Gasteiger partial charge is 0.481 e. The summed E-state index contributed by atoms with van der Waals surface area (Å²) in [6.07, 6.45) is 1.72. The smallest absolute Gasteiger partial charge is 0.307 e. The third-order valence-electron chi connectivity index (χ3n) is 3.58. The van der Waals surface area contributed by atoms with E-state index in [1.54, 1.807) is 0 Å². The van der Waals surface area contributed by atoms with E-state index in [-0.39, 0.29) is 5.92 Å². The maximum Gasteiger partial charge on any atom is 0.307 e. The van der Waals surface area contributed by atoms with Crippen molar-refractivity contribution in [3.63, 3.8) is 0 Å². The molecule has 0 saturated carbocycles. The van der Waals surface area contributed by atoms with Crippen molar-refractivity contribution >= 4 is 33.5 Å². The number of aliphatic carboxylic acids is 1. The highest BCUT2D eigenvalue weighted by atomic mass is 79.9. The van der Waals surface area contributed by atoms with Crippen LogP contribution in [0.1, 0.15) is 24.0 Å². The van der Waals surface area contributed by atoms with E-state index in [4.69, 9.17) is 16.7 Å². The molecule has 0 radical (unpaired) electrons. The fraction of sp³-hybridized carbons (Fsp3) is 0.500. The van der Waals surface area contributed by atoms with Gasteiger partial charge in [-0.3, -0.25) is 9.69 Å². The van der Waals surface area contributed by atoms with Crippen molar-refractivity contribution in [1.82, 2.24) is 4.90 Å². The van der Waals surface area contributed by atoms with E-state index < -0.39 is 5.97 Å². The Bertz CT molecular complexity index is 493. The van der Waals surface area contributed by atoms with Crippen molar-refractivity contribution in [2.24, 2.45) is 5.92 Å². The number of hydrogen-bond donors (Lipinski definition) is 1. The maximum absolute atomic E-state index is 11.1. The highest BCUT2D eigenvalue weighted by molar-refractivity contribution is 9.10. The van der Waals surface area contributed by atoms with E-state index >= 15 is 0 Å². The lowest BCUT2D eigenvalue weighted by Crippen LogP contribution is -2.38. The number of halogens is 2. The molecule has 5 heteroatoms. The molecule has 1 unspecified atom stereocenters. The number of likely N-dealkylation sites (tertiary alicyclic amines) is 1. The van der Waals surface area contributed by atoms with Gasteiger partial charge in [0, 0.05) is 22.6 Å². The number of benzene rings is 1. The first-order chi connectivity index (χ1) is 8.97. The van der Waals surface area contributed by atoms with Gasteiger partial charge in [-0.05, 0) is 49.6 Å². The van der Waals surface area contributed by atoms with E-state index in [9.17, 15) is 4.79 Å². The molecule has 0 spiro atoms. The normalized spacial score (nSPS) is 20.5. The highest BCUT2D eigenvalue weighted by Gasteiger charge is 2.25. The molecule has 1 atom stereocenters. The summed E-state index contributed by atoms with van der Waals surface area (Å²) in [4.78, 5) is 13.2. The first-order valence-electron chi connectivity index (χ1n) is 6.37. The molecule has 0 amide bonds. The van der Waals surface area contributed by atoms with Crippen LogP contribution < -0.4 is 0 Å². The number of aryl methyl sites for hydroxylation is 1. The highest BCUT2D eigenvalue weighted by Crippen LogP contribution is 2.27. The van der Waals surface area contributed by atoms with Crippen LogP contribution in [0, 0.1) is 12.8 Å². The molecule has 1 aliphatic heterocycles. The van der Waals surface area contributed by atoms with Gasteiger partial charge < -0.3 is 5.11 Å². The summed E-state index contributed by atoms with van der Waals surface area (Å²) in [6.45, 7) is 4.28. The maximum atomic E-state index is 11.1. The molecule has 0 aromatic heterocycles. The Morgan fingerprint density at radius 1 is 1.58 bits per heavy atom. The quantitative estimate of drug-likeness (QED) is 0.907. The van der Waals surface area contributed by atoms with Gasteiger partial charge in [0.2, 0.25) is 0 Å². The number of nitrogens with zero attached hydrogens (tertiary/aromatic N) is 1. The zero-order valence-corrected chi connectivity index (χ0v) is 13.2. The van der Waals surface area contributed by atoms with Crippen molar-refractivity contribution in [3.05, 3.63) is 32.8 Å². The molecule has 0 aliphatic carbocycles.